The van der Waals surface area contributed by atoms with Gasteiger partial charge < -0.3 is 4.90 Å². The fraction of sp³-hybridized carbons (Fsp3) is 0.267. The van der Waals surface area contributed by atoms with Gasteiger partial charge in [0.05, 0.1) is 5.88 Å². The molecule has 0 aliphatic carbocycles. The fourth-order valence-corrected chi connectivity index (χ4v) is 2.13. The molecule has 94 valence electrons. The molecule has 0 N–H and O–H groups in total. The van der Waals surface area contributed by atoms with Crippen molar-refractivity contribution in [2.24, 2.45) is 0 Å². The number of hydrogen-bond acceptors (Lipinski definition) is 2. The van der Waals surface area contributed by atoms with Crippen molar-refractivity contribution >= 4 is 17.4 Å². The third-order valence-electron chi connectivity index (χ3n) is 2.91. The molecular formula is C15H17ClN2. The maximum Gasteiger partial charge on any atom is 0.132 e. The molecule has 0 unspecified atom stereocenters. The maximum absolute atomic E-state index is 5.93. The third kappa shape index (κ3) is 3.02. The first-order valence-corrected chi connectivity index (χ1v) is 6.50. The fourth-order valence-electron chi connectivity index (χ4n) is 1.92. The molecule has 2 nitrogen and oxygen atoms in total. The molecule has 0 spiro atoms. The van der Waals surface area contributed by atoms with Crippen molar-refractivity contribution in [3.63, 3.8) is 0 Å². The first-order chi connectivity index (χ1) is 8.70. The van der Waals surface area contributed by atoms with Crippen molar-refractivity contribution < 1.29 is 0 Å². The summed E-state index contributed by atoms with van der Waals surface area (Å²) in [6, 6.07) is 12.5. The summed E-state index contributed by atoms with van der Waals surface area (Å²) in [6.45, 7) is 2.93. The van der Waals surface area contributed by atoms with E-state index in [2.05, 4.69) is 41.1 Å². The van der Waals surface area contributed by atoms with Gasteiger partial charge in [0.25, 0.3) is 0 Å². The van der Waals surface area contributed by atoms with Crippen LogP contribution in [0.2, 0.25) is 0 Å². The molecule has 0 saturated heterocycles. The number of aromatic nitrogens is 1. The van der Waals surface area contributed by atoms with Gasteiger partial charge >= 0.3 is 0 Å². The molecule has 0 bridgehead atoms. The van der Waals surface area contributed by atoms with E-state index in [4.69, 9.17) is 11.6 Å². The Morgan fingerprint density at radius 3 is 2.56 bits per heavy atom. The molecule has 18 heavy (non-hydrogen) atoms. The summed E-state index contributed by atoms with van der Waals surface area (Å²) in [7, 11) is 2.04. The predicted molar refractivity (Wildman–Crippen MR) is 77.1 cm³/mol. The van der Waals surface area contributed by atoms with Gasteiger partial charge in [-0.3, -0.25) is 0 Å². The van der Waals surface area contributed by atoms with Crippen molar-refractivity contribution in [2.45, 2.75) is 19.3 Å². The zero-order valence-corrected chi connectivity index (χ0v) is 11.5. The number of nitrogens with zero attached hydrogens (tertiary/aromatic N) is 2. The van der Waals surface area contributed by atoms with E-state index < -0.39 is 0 Å². The van der Waals surface area contributed by atoms with Crippen LogP contribution in [-0.2, 0) is 12.4 Å². The third-order valence-corrected chi connectivity index (χ3v) is 3.20. The standard InChI is InChI=1S/C15H17ClN2/c1-12-5-7-13(8-6-12)11-18(2)15-14(10-16)4-3-9-17-15/h3-9H,10-11H2,1-2H3. The number of rotatable bonds is 4. The van der Waals surface area contributed by atoms with E-state index in [1.54, 1.807) is 6.20 Å². The molecule has 1 aromatic carbocycles. The lowest BCUT2D eigenvalue weighted by Gasteiger charge is -2.20. The lowest BCUT2D eigenvalue weighted by atomic mass is 10.1. The van der Waals surface area contributed by atoms with Crippen LogP contribution in [0.15, 0.2) is 42.6 Å². The van der Waals surface area contributed by atoms with Crippen LogP contribution >= 0.6 is 11.6 Å². The number of halogens is 1. The second-order valence-corrected chi connectivity index (χ2v) is 4.73. The van der Waals surface area contributed by atoms with Crippen LogP contribution in [0.1, 0.15) is 16.7 Å². The second kappa shape index (κ2) is 5.87. The van der Waals surface area contributed by atoms with Gasteiger partial charge in [-0.25, -0.2) is 4.98 Å². The highest BCUT2D eigenvalue weighted by atomic mass is 35.5. The van der Waals surface area contributed by atoms with Crippen molar-refractivity contribution in [3.8, 4) is 0 Å². The Morgan fingerprint density at radius 1 is 1.17 bits per heavy atom. The van der Waals surface area contributed by atoms with Gasteiger partial charge in [0, 0.05) is 25.4 Å². The molecule has 3 heteroatoms. The molecule has 0 amide bonds. The summed E-state index contributed by atoms with van der Waals surface area (Å²) in [5, 5.41) is 0. The number of benzene rings is 1. The monoisotopic (exact) mass is 260 g/mol. The average Bonchev–Trinajstić information content (AvgIpc) is 2.41. The molecule has 0 radical (unpaired) electrons. The van der Waals surface area contributed by atoms with Crippen LogP contribution < -0.4 is 4.90 Å². The summed E-state index contributed by atoms with van der Waals surface area (Å²) in [6.07, 6.45) is 1.80. The van der Waals surface area contributed by atoms with E-state index in [0.29, 0.717) is 5.88 Å². The Bertz CT molecular complexity index is 508. The molecule has 0 atom stereocenters. The van der Waals surface area contributed by atoms with Crippen molar-refractivity contribution in [1.29, 1.82) is 0 Å². The van der Waals surface area contributed by atoms with Crippen molar-refractivity contribution in [1.82, 2.24) is 4.98 Å². The van der Waals surface area contributed by atoms with Gasteiger partial charge in [-0.15, -0.1) is 11.6 Å². The minimum absolute atomic E-state index is 0.488. The highest BCUT2D eigenvalue weighted by molar-refractivity contribution is 6.17. The highest BCUT2D eigenvalue weighted by Gasteiger charge is 2.08. The number of hydrogen-bond donors (Lipinski definition) is 0. The summed E-state index contributed by atoms with van der Waals surface area (Å²) < 4.78 is 0. The van der Waals surface area contributed by atoms with Gasteiger partial charge in [-0.05, 0) is 18.6 Å². The Balaban J connectivity index is 2.16. The van der Waals surface area contributed by atoms with Crippen molar-refractivity contribution in [3.05, 3.63) is 59.3 Å². The molecule has 0 fully saturated rings. The molecule has 0 aliphatic rings. The van der Waals surface area contributed by atoms with Crippen LogP contribution in [0.4, 0.5) is 5.82 Å². The second-order valence-electron chi connectivity index (χ2n) is 4.46. The Kier molecular flexibility index (Phi) is 4.21. The predicted octanol–water partition coefficient (Wildman–Crippen LogP) is 3.77. The highest BCUT2D eigenvalue weighted by Crippen LogP contribution is 2.19. The van der Waals surface area contributed by atoms with Crippen LogP contribution in [0.25, 0.3) is 0 Å². The maximum atomic E-state index is 5.93. The first kappa shape index (κ1) is 12.9. The Hall–Kier alpha value is -1.54. The van der Waals surface area contributed by atoms with Crippen LogP contribution in [-0.4, -0.2) is 12.0 Å². The van der Waals surface area contributed by atoms with E-state index in [1.807, 2.05) is 19.2 Å². The van der Waals surface area contributed by atoms with E-state index in [-0.39, 0.29) is 0 Å². The molecule has 1 heterocycles. The van der Waals surface area contributed by atoms with Gasteiger partial charge in [-0.2, -0.15) is 0 Å². The van der Waals surface area contributed by atoms with Gasteiger partial charge in [0.1, 0.15) is 5.82 Å². The molecule has 0 aliphatic heterocycles. The number of anilines is 1. The Labute approximate surface area is 113 Å². The smallest absolute Gasteiger partial charge is 0.132 e. The largest absolute Gasteiger partial charge is 0.355 e. The summed E-state index contributed by atoms with van der Waals surface area (Å²) in [5.74, 6) is 1.44. The lowest BCUT2D eigenvalue weighted by molar-refractivity contribution is 0.888. The number of alkyl halides is 1. The van der Waals surface area contributed by atoms with E-state index in [0.717, 1.165) is 17.9 Å². The minimum atomic E-state index is 0.488. The summed E-state index contributed by atoms with van der Waals surface area (Å²) in [4.78, 5) is 6.53. The number of pyridine rings is 1. The van der Waals surface area contributed by atoms with Crippen LogP contribution in [0.5, 0.6) is 0 Å². The quantitative estimate of drug-likeness (QED) is 0.778. The minimum Gasteiger partial charge on any atom is -0.355 e. The van der Waals surface area contributed by atoms with Gasteiger partial charge in [-0.1, -0.05) is 35.9 Å². The molecule has 1 aromatic heterocycles. The lowest BCUT2D eigenvalue weighted by Crippen LogP contribution is -2.19. The molecule has 2 rings (SSSR count). The summed E-state index contributed by atoms with van der Waals surface area (Å²) >= 11 is 5.93. The summed E-state index contributed by atoms with van der Waals surface area (Å²) in [5.41, 5.74) is 3.61. The van der Waals surface area contributed by atoms with E-state index >= 15 is 0 Å². The SMILES string of the molecule is Cc1ccc(CN(C)c2ncccc2CCl)cc1. The van der Waals surface area contributed by atoms with Gasteiger partial charge in [0.15, 0.2) is 0 Å². The topological polar surface area (TPSA) is 16.1 Å². The van der Waals surface area contributed by atoms with Crippen LogP contribution in [0.3, 0.4) is 0 Å². The van der Waals surface area contributed by atoms with Crippen molar-refractivity contribution in [2.75, 3.05) is 11.9 Å². The van der Waals surface area contributed by atoms with Gasteiger partial charge in [0.2, 0.25) is 0 Å². The first-order valence-electron chi connectivity index (χ1n) is 5.97. The average molecular weight is 261 g/mol. The Morgan fingerprint density at radius 2 is 1.89 bits per heavy atom. The zero-order valence-electron chi connectivity index (χ0n) is 10.7. The van der Waals surface area contributed by atoms with E-state index in [9.17, 15) is 0 Å². The molecule has 0 saturated carbocycles. The van der Waals surface area contributed by atoms with E-state index in [1.165, 1.54) is 11.1 Å². The molecular weight excluding hydrogens is 244 g/mol. The molecule has 2 aromatic rings. The normalized spacial score (nSPS) is 10.4. The zero-order chi connectivity index (χ0) is 13.0. The number of aryl methyl sites for hydroxylation is 1. The van der Waals surface area contributed by atoms with Crippen LogP contribution in [0, 0.1) is 6.92 Å².